The molecule has 0 fully saturated rings. The van der Waals surface area contributed by atoms with Gasteiger partial charge in [-0.1, -0.05) is 18.2 Å². The number of carbonyl (C=O) groups excluding carboxylic acids is 2. The molecule has 1 unspecified atom stereocenters. The Morgan fingerprint density at radius 3 is 1.88 bits per heavy atom. The fourth-order valence-corrected chi connectivity index (χ4v) is 7.40. The summed E-state index contributed by atoms with van der Waals surface area (Å²) in [7, 11) is -8.14. The van der Waals surface area contributed by atoms with Crippen LogP contribution in [0.1, 0.15) is 17.3 Å². The van der Waals surface area contributed by atoms with Gasteiger partial charge in [-0.25, -0.2) is 21.6 Å². The number of hydrogen-bond acceptors (Lipinski definition) is 11. The third-order valence-corrected chi connectivity index (χ3v) is 10.7. The average Bonchev–Trinajstić information content (AvgIpc) is 3.64. The molecule has 0 bridgehead atoms. The van der Waals surface area contributed by atoms with Gasteiger partial charge in [0.15, 0.2) is 6.10 Å². The number of esters is 1. The third kappa shape index (κ3) is 7.46. The van der Waals surface area contributed by atoms with E-state index in [9.17, 15) is 36.5 Å². The first kappa shape index (κ1) is 29.7. The molecule has 17 heteroatoms. The van der Waals surface area contributed by atoms with Gasteiger partial charge in [-0.15, -0.1) is 22.7 Å². The van der Waals surface area contributed by atoms with Gasteiger partial charge in [-0.2, -0.15) is 0 Å². The largest absolute Gasteiger partial charge is 0.449 e. The van der Waals surface area contributed by atoms with Crippen molar-refractivity contribution in [1.29, 1.82) is 0 Å². The summed E-state index contributed by atoms with van der Waals surface area (Å²) in [6.07, 6.45) is -1.39. The first-order valence-electron chi connectivity index (χ1n) is 11.4. The molecule has 1 atom stereocenters. The van der Waals surface area contributed by atoms with Gasteiger partial charge in [-0.3, -0.25) is 24.4 Å². The number of nitro groups is 1. The quantitative estimate of drug-likeness (QED) is 0.121. The van der Waals surface area contributed by atoms with Crippen molar-refractivity contribution < 1.29 is 36.1 Å². The molecule has 1 amide bonds. The Balaban J connectivity index is 1.58. The summed E-state index contributed by atoms with van der Waals surface area (Å²) >= 11 is 1.91. The van der Waals surface area contributed by atoms with Crippen molar-refractivity contribution in [2.24, 2.45) is 0 Å². The number of nitrogens with zero attached hydrogens (tertiary/aromatic N) is 1. The Morgan fingerprint density at radius 2 is 1.39 bits per heavy atom. The highest BCUT2D eigenvalue weighted by Gasteiger charge is 2.23. The SMILES string of the molecule is CC(OC(=O)c1cc(NS(=O)(=O)c2cccs2)cc(NS(=O)(=O)c2cccs2)c1)C(=O)Nc1cccc([N+](=O)[O-])c1. The first-order valence-corrected chi connectivity index (χ1v) is 16.1. The zero-order valence-corrected chi connectivity index (χ0v) is 24.1. The number of thiophene rings is 2. The topological polar surface area (TPSA) is 191 Å². The number of benzene rings is 2. The predicted octanol–water partition coefficient (Wildman–Crippen LogP) is 4.50. The molecule has 41 heavy (non-hydrogen) atoms. The minimum absolute atomic E-state index is 0.0161. The highest BCUT2D eigenvalue weighted by molar-refractivity contribution is 7.95. The molecule has 4 aromatic rings. The molecule has 2 aromatic carbocycles. The lowest BCUT2D eigenvalue weighted by Gasteiger charge is -2.16. The molecular weight excluding hydrogens is 617 g/mol. The molecule has 0 aliphatic rings. The molecule has 0 aliphatic heterocycles. The second-order valence-corrected chi connectivity index (χ2v) is 13.9. The maximum absolute atomic E-state index is 13.0. The van der Waals surface area contributed by atoms with Gasteiger partial charge in [0.2, 0.25) is 0 Å². The number of rotatable bonds is 11. The van der Waals surface area contributed by atoms with E-state index in [1.165, 1.54) is 55.5 Å². The third-order valence-electron chi connectivity index (χ3n) is 5.17. The molecule has 0 aliphatic carbocycles. The number of anilines is 3. The van der Waals surface area contributed by atoms with Gasteiger partial charge in [0.1, 0.15) is 8.42 Å². The average molecular weight is 637 g/mol. The van der Waals surface area contributed by atoms with E-state index >= 15 is 0 Å². The van der Waals surface area contributed by atoms with Crippen molar-refractivity contribution in [3.63, 3.8) is 0 Å². The van der Waals surface area contributed by atoms with E-state index in [0.717, 1.165) is 40.9 Å². The van der Waals surface area contributed by atoms with Crippen molar-refractivity contribution in [1.82, 2.24) is 0 Å². The van der Waals surface area contributed by atoms with Crippen molar-refractivity contribution in [3.8, 4) is 0 Å². The molecule has 0 saturated carbocycles. The van der Waals surface area contributed by atoms with Crippen LogP contribution in [0.3, 0.4) is 0 Å². The Morgan fingerprint density at radius 1 is 0.829 bits per heavy atom. The smallest absolute Gasteiger partial charge is 0.339 e. The number of amides is 1. The van der Waals surface area contributed by atoms with Gasteiger partial charge >= 0.3 is 5.97 Å². The van der Waals surface area contributed by atoms with Gasteiger partial charge in [0.25, 0.3) is 31.6 Å². The summed E-state index contributed by atoms with van der Waals surface area (Å²) in [6, 6.07) is 14.4. The monoisotopic (exact) mass is 636 g/mol. The highest BCUT2D eigenvalue weighted by Crippen LogP contribution is 2.27. The molecule has 2 aromatic heterocycles. The van der Waals surface area contributed by atoms with E-state index in [2.05, 4.69) is 14.8 Å². The minimum Gasteiger partial charge on any atom is -0.449 e. The van der Waals surface area contributed by atoms with Crippen LogP contribution < -0.4 is 14.8 Å². The van der Waals surface area contributed by atoms with Crippen LogP contribution in [0.4, 0.5) is 22.7 Å². The summed E-state index contributed by atoms with van der Waals surface area (Å²) in [5, 5.41) is 16.5. The maximum atomic E-state index is 13.0. The molecule has 3 N–H and O–H groups in total. The van der Waals surface area contributed by atoms with Crippen LogP contribution >= 0.6 is 22.7 Å². The van der Waals surface area contributed by atoms with Crippen molar-refractivity contribution in [2.75, 3.05) is 14.8 Å². The van der Waals surface area contributed by atoms with Gasteiger partial charge in [-0.05, 0) is 54.1 Å². The molecule has 214 valence electrons. The van der Waals surface area contributed by atoms with E-state index in [1.54, 1.807) is 10.8 Å². The predicted molar refractivity (Wildman–Crippen MR) is 153 cm³/mol. The minimum atomic E-state index is -4.07. The van der Waals surface area contributed by atoms with Crippen LogP contribution in [0, 0.1) is 10.1 Å². The second-order valence-electron chi connectivity index (χ2n) is 8.22. The van der Waals surface area contributed by atoms with Crippen molar-refractivity contribution in [3.05, 3.63) is 93.2 Å². The van der Waals surface area contributed by atoms with Crippen LogP contribution in [-0.2, 0) is 29.6 Å². The lowest BCUT2D eigenvalue weighted by Crippen LogP contribution is -2.30. The fraction of sp³-hybridized carbons (Fsp3) is 0.0833. The van der Waals surface area contributed by atoms with Gasteiger partial charge < -0.3 is 10.1 Å². The van der Waals surface area contributed by atoms with Crippen LogP contribution in [0.15, 0.2) is 85.9 Å². The van der Waals surface area contributed by atoms with Crippen molar-refractivity contribution >= 4 is 77.3 Å². The number of carbonyl (C=O) groups is 2. The molecule has 0 spiro atoms. The van der Waals surface area contributed by atoms with Crippen LogP contribution in [-0.4, -0.2) is 39.7 Å². The number of non-ortho nitro benzene ring substituents is 1. The normalized spacial score (nSPS) is 12.2. The summed E-state index contributed by atoms with van der Waals surface area (Å²) in [5.74, 6) is -1.87. The van der Waals surface area contributed by atoms with Crippen molar-refractivity contribution in [2.45, 2.75) is 21.4 Å². The lowest BCUT2D eigenvalue weighted by molar-refractivity contribution is -0.384. The molecule has 4 rings (SSSR count). The maximum Gasteiger partial charge on any atom is 0.339 e. The fourth-order valence-electron chi connectivity index (χ4n) is 3.33. The molecular formula is C24H20N4O9S4. The summed E-state index contributed by atoms with van der Waals surface area (Å²) in [4.78, 5) is 35.9. The van der Waals surface area contributed by atoms with Crippen LogP contribution in [0.2, 0.25) is 0 Å². The Hall–Kier alpha value is -4.32. The number of sulfonamides is 2. The lowest BCUT2D eigenvalue weighted by atomic mass is 10.2. The number of ether oxygens (including phenoxy) is 1. The molecule has 0 saturated heterocycles. The standard InChI is InChI=1S/C24H20N4O9S4/c1-15(23(29)25-17-5-2-6-20(14-17)28(31)32)37-24(30)16-11-18(26-40(33,34)21-7-3-9-38-21)13-19(12-16)27-41(35,36)22-8-4-10-39-22/h2-15,26-27H,1H3,(H,25,29). The van der Waals surface area contributed by atoms with E-state index in [0.29, 0.717) is 0 Å². The number of nitro benzene ring substituents is 1. The van der Waals surface area contributed by atoms with E-state index in [1.807, 2.05) is 0 Å². The molecule has 13 nitrogen and oxygen atoms in total. The van der Waals surface area contributed by atoms with Crippen LogP contribution in [0.5, 0.6) is 0 Å². The summed E-state index contributed by atoms with van der Waals surface area (Å²) in [5.41, 5.74) is -0.722. The van der Waals surface area contributed by atoms with Gasteiger partial charge in [0, 0.05) is 17.8 Å². The Kier molecular flexibility index (Phi) is 8.72. The zero-order chi connectivity index (χ0) is 29.8. The van der Waals surface area contributed by atoms with E-state index < -0.39 is 43.0 Å². The first-order chi connectivity index (χ1) is 19.3. The molecule has 0 radical (unpaired) electrons. The highest BCUT2D eigenvalue weighted by atomic mass is 32.3. The second kappa shape index (κ2) is 12.0. The van der Waals surface area contributed by atoms with Gasteiger partial charge in [0.05, 0.1) is 21.9 Å². The summed E-state index contributed by atoms with van der Waals surface area (Å²) in [6.45, 7) is 1.26. The van der Waals surface area contributed by atoms with E-state index in [-0.39, 0.29) is 36.7 Å². The van der Waals surface area contributed by atoms with E-state index in [4.69, 9.17) is 4.74 Å². The number of hydrogen-bond donors (Lipinski definition) is 3. The Bertz CT molecular complexity index is 1720. The van der Waals surface area contributed by atoms with Crippen LogP contribution in [0.25, 0.3) is 0 Å². The summed E-state index contributed by atoms with van der Waals surface area (Å²) < 4.78 is 61.0. The Labute approximate surface area is 242 Å². The molecule has 2 heterocycles. The zero-order valence-electron chi connectivity index (χ0n) is 20.8. The number of nitrogens with one attached hydrogen (secondary N) is 3.